The van der Waals surface area contributed by atoms with Crippen LogP contribution >= 0.6 is 0 Å². The van der Waals surface area contributed by atoms with Crippen LogP contribution in [-0.4, -0.2) is 26.6 Å². The lowest BCUT2D eigenvalue weighted by Crippen LogP contribution is -2.28. The molecule has 0 aromatic heterocycles. The minimum atomic E-state index is -3.92. The number of nitrogens with one attached hydrogen (secondary N) is 1. The van der Waals surface area contributed by atoms with Crippen LogP contribution in [0.2, 0.25) is 0 Å². The summed E-state index contributed by atoms with van der Waals surface area (Å²) < 4.78 is 33.3. The van der Waals surface area contributed by atoms with Gasteiger partial charge in [0.25, 0.3) is 0 Å². The van der Waals surface area contributed by atoms with Crippen LogP contribution in [0, 0.1) is 0 Å². The Bertz CT molecular complexity index is 892. The number of aryl methyl sites for hydroxylation is 1. The molecule has 0 heterocycles. The fraction of sp³-hybridized carbons (Fsp3) is 0.235. The van der Waals surface area contributed by atoms with Gasteiger partial charge in [0.1, 0.15) is 10.6 Å². The summed E-state index contributed by atoms with van der Waals surface area (Å²) in [4.78, 5) is 11.0. The molecule has 1 atom stereocenters. The standard InChI is InChI=1S/C17H17NO5S/c1-23-15-9-7-12(17(19)20)10-16(15)24(21,22)18-14-8-6-11-4-2-3-5-13(11)14/h2-5,7,9-10,14,18H,6,8H2,1H3,(H,19,20)/t14-/m0/s1. The number of rotatable bonds is 5. The van der Waals surface area contributed by atoms with Gasteiger partial charge in [-0.1, -0.05) is 24.3 Å². The van der Waals surface area contributed by atoms with Crippen molar-refractivity contribution in [1.82, 2.24) is 4.72 Å². The highest BCUT2D eigenvalue weighted by molar-refractivity contribution is 7.89. The van der Waals surface area contributed by atoms with Gasteiger partial charge in [-0.3, -0.25) is 0 Å². The van der Waals surface area contributed by atoms with E-state index < -0.39 is 16.0 Å². The van der Waals surface area contributed by atoms with Gasteiger partial charge in [-0.2, -0.15) is 0 Å². The van der Waals surface area contributed by atoms with Crippen LogP contribution in [0.5, 0.6) is 5.75 Å². The Morgan fingerprint density at radius 3 is 2.71 bits per heavy atom. The largest absolute Gasteiger partial charge is 0.495 e. The lowest BCUT2D eigenvalue weighted by molar-refractivity contribution is 0.0696. The second-order valence-electron chi connectivity index (χ2n) is 5.58. The van der Waals surface area contributed by atoms with Crippen molar-refractivity contribution in [3.8, 4) is 5.75 Å². The minimum absolute atomic E-state index is 0.108. The summed E-state index contributed by atoms with van der Waals surface area (Å²) in [6.45, 7) is 0. The number of benzene rings is 2. The molecule has 126 valence electrons. The maximum atomic E-state index is 12.8. The number of carbonyl (C=O) groups is 1. The summed E-state index contributed by atoms with van der Waals surface area (Å²) in [5.41, 5.74) is 1.97. The number of methoxy groups -OCH3 is 1. The van der Waals surface area contributed by atoms with E-state index in [0.717, 1.165) is 23.6 Å². The van der Waals surface area contributed by atoms with Crippen LogP contribution in [0.1, 0.15) is 33.9 Å². The molecule has 2 N–H and O–H groups in total. The molecule has 0 aliphatic heterocycles. The third kappa shape index (κ3) is 3.00. The number of hydrogen-bond acceptors (Lipinski definition) is 4. The summed E-state index contributed by atoms with van der Waals surface area (Å²) in [5, 5.41) is 9.10. The van der Waals surface area contributed by atoms with Crippen molar-refractivity contribution in [2.45, 2.75) is 23.8 Å². The molecule has 1 aliphatic rings. The number of sulfonamides is 1. The Morgan fingerprint density at radius 2 is 2.00 bits per heavy atom. The number of ether oxygens (including phenoxy) is 1. The van der Waals surface area contributed by atoms with E-state index in [2.05, 4.69) is 4.72 Å². The first-order valence-electron chi connectivity index (χ1n) is 7.44. The third-order valence-electron chi connectivity index (χ3n) is 4.13. The van der Waals surface area contributed by atoms with Crippen LogP contribution in [0.4, 0.5) is 0 Å². The van der Waals surface area contributed by atoms with Gasteiger partial charge in [-0.15, -0.1) is 0 Å². The zero-order valence-corrected chi connectivity index (χ0v) is 13.8. The first-order chi connectivity index (χ1) is 11.4. The van der Waals surface area contributed by atoms with E-state index in [1.54, 1.807) is 0 Å². The molecule has 7 heteroatoms. The van der Waals surface area contributed by atoms with Crippen molar-refractivity contribution in [1.29, 1.82) is 0 Å². The maximum absolute atomic E-state index is 12.8. The van der Waals surface area contributed by atoms with Crippen LogP contribution in [0.15, 0.2) is 47.4 Å². The molecule has 2 aromatic rings. The fourth-order valence-corrected chi connectivity index (χ4v) is 4.39. The first kappa shape index (κ1) is 16.5. The van der Waals surface area contributed by atoms with Gasteiger partial charge in [0.15, 0.2) is 0 Å². The maximum Gasteiger partial charge on any atom is 0.335 e. The molecule has 0 unspecified atom stereocenters. The zero-order valence-electron chi connectivity index (χ0n) is 13.0. The summed E-state index contributed by atoms with van der Waals surface area (Å²) in [7, 11) is -2.58. The molecule has 3 rings (SSSR count). The van der Waals surface area contributed by atoms with Gasteiger partial charge in [0.05, 0.1) is 12.7 Å². The smallest absolute Gasteiger partial charge is 0.335 e. The van der Waals surface area contributed by atoms with E-state index in [-0.39, 0.29) is 22.3 Å². The van der Waals surface area contributed by atoms with Gasteiger partial charge in [0, 0.05) is 6.04 Å². The van der Waals surface area contributed by atoms with Gasteiger partial charge in [-0.25, -0.2) is 17.9 Å². The molecule has 2 aromatic carbocycles. The highest BCUT2D eigenvalue weighted by Gasteiger charge is 2.29. The first-order valence-corrected chi connectivity index (χ1v) is 8.92. The van der Waals surface area contributed by atoms with E-state index in [4.69, 9.17) is 9.84 Å². The summed E-state index contributed by atoms with van der Waals surface area (Å²) in [6.07, 6.45) is 1.47. The Morgan fingerprint density at radius 1 is 1.25 bits per heavy atom. The Hall–Kier alpha value is -2.38. The number of carboxylic acid groups (broad SMARTS) is 1. The van der Waals surface area contributed by atoms with Gasteiger partial charge < -0.3 is 9.84 Å². The minimum Gasteiger partial charge on any atom is -0.495 e. The van der Waals surface area contributed by atoms with Gasteiger partial charge in [0.2, 0.25) is 10.0 Å². The molecule has 0 amide bonds. The van der Waals surface area contributed by atoms with Gasteiger partial charge in [-0.05, 0) is 42.2 Å². The van der Waals surface area contributed by atoms with E-state index in [9.17, 15) is 13.2 Å². The molecule has 1 aliphatic carbocycles. The normalized spacial score (nSPS) is 16.6. The lowest BCUT2D eigenvalue weighted by atomic mass is 10.1. The molecule has 0 bridgehead atoms. The van der Waals surface area contributed by atoms with E-state index in [1.165, 1.54) is 19.2 Å². The van der Waals surface area contributed by atoms with E-state index in [0.29, 0.717) is 6.42 Å². The Balaban J connectivity index is 1.97. The van der Waals surface area contributed by atoms with Crippen LogP contribution in [-0.2, 0) is 16.4 Å². The molecular formula is C17H17NO5S. The average molecular weight is 347 g/mol. The van der Waals surface area contributed by atoms with Crippen LogP contribution in [0.3, 0.4) is 0 Å². The average Bonchev–Trinajstić information content (AvgIpc) is 2.96. The molecule has 0 spiro atoms. The van der Waals surface area contributed by atoms with Crippen molar-refractivity contribution in [2.24, 2.45) is 0 Å². The summed E-state index contributed by atoms with van der Waals surface area (Å²) in [5.74, 6) is -1.08. The summed E-state index contributed by atoms with van der Waals surface area (Å²) >= 11 is 0. The highest BCUT2D eigenvalue weighted by Crippen LogP contribution is 2.33. The van der Waals surface area contributed by atoms with Crippen molar-refractivity contribution in [3.05, 3.63) is 59.2 Å². The molecule has 0 fully saturated rings. The molecular weight excluding hydrogens is 330 g/mol. The Kier molecular flexibility index (Phi) is 4.29. The fourth-order valence-electron chi connectivity index (χ4n) is 2.95. The van der Waals surface area contributed by atoms with Crippen molar-refractivity contribution in [2.75, 3.05) is 7.11 Å². The topological polar surface area (TPSA) is 92.7 Å². The Labute approximate surface area is 140 Å². The zero-order chi connectivity index (χ0) is 17.3. The number of carboxylic acids is 1. The lowest BCUT2D eigenvalue weighted by Gasteiger charge is -2.16. The number of aromatic carboxylic acids is 1. The number of fused-ring (bicyclic) bond motifs is 1. The predicted octanol–water partition coefficient (Wildman–Crippen LogP) is 2.36. The van der Waals surface area contributed by atoms with Crippen molar-refractivity contribution >= 4 is 16.0 Å². The van der Waals surface area contributed by atoms with Crippen molar-refractivity contribution in [3.63, 3.8) is 0 Å². The highest BCUT2D eigenvalue weighted by atomic mass is 32.2. The van der Waals surface area contributed by atoms with E-state index in [1.807, 2.05) is 24.3 Å². The van der Waals surface area contributed by atoms with Gasteiger partial charge >= 0.3 is 5.97 Å². The molecule has 0 saturated carbocycles. The van der Waals surface area contributed by atoms with Crippen molar-refractivity contribution < 1.29 is 23.1 Å². The van der Waals surface area contributed by atoms with Crippen LogP contribution < -0.4 is 9.46 Å². The quantitative estimate of drug-likeness (QED) is 0.866. The monoisotopic (exact) mass is 347 g/mol. The predicted molar refractivity (Wildman–Crippen MR) is 87.8 cm³/mol. The number of hydrogen-bond donors (Lipinski definition) is 2. The second kappa shape index (κ2) is 6.26. The van der Waals surface area contributed by atoms with E-state index >= 15 is 0 Å². The second-order valence-corrected chi connectivity index (χ2v) is 7.26. The SMILES string of the molecule is COc1ccc(C(=O)O)cc1S(=O)(=O)N[C@H]1CCc2ccccc21. The molecule has 0 saturated heterocycles. The molecule has 0 radical (unpaired) electrons. The third-order valence-corrected chi connectivity index (χ3v) is 5.62. The molecule has 24 heavy (non-hydrogen) atoms. The molecule has 6 nitrogen and oxygen atoms in total. The summed E-state index contributed by atoms with van der Waals surface area (Å²) in [6, 6.07) is 11.1. The van der Waals surface area contributed by atoms with Crippen LogP contribution in [0.25, 0.3) is 0 Å².